The van der Waals surface area contributed by atoms with Gasteiger partial charge in [0.25, 0.3) is 0 Å². The minimum atomic E-state index is -3.95. The van der Waals surface area contributed by atoms with Gasteiger partial charge in [0, 0.05) is 11.3 Å². The van der Waals surface area contributed by atoms with Gasteiger partial charge in [0.05, 0.1) is 5.71 Å². The van der Waals surface area contributed by atoms with Crippen molar-refractivity contribution < 1.29 is 12.7 Å². The number of allylic oxidation sites excluding steroid dienone is 2. The molecule has 1 aliphatic carbocycles. The van der Waals surface area contributed by atoms with Crippen LogP contribution in [0.2, 0.25) is 0 Å². The lowest BCUT2D eigenvalue weighted by molar-refractivity contribution is 0.337. The van der Waals surface area contributed by atoms with E-state index in [0.717, 1.165) is 17.6 Å². The molecule has 0 amide bonds. The van der Waals surface area contributed by atoms with E-state index in [-0.39, 0.29) is 10.8 Å². The van der Waals surface area contributed by atoms with Gasteiger partial charge in [-0.3, -0.25) is 4.28 Å². The lowest BCUT2D eigenvalue weighted by atomic mass is 9.82. The van der Waals surface area contributed by atoms with Crippen molar-refractivity contribution in [2.45, 2.75) is 37.5 Å². The number of aryl methyl sites for hydroxylation is 2. The average molecular weight is 438 g/mol. The predicted molar refractivity (Wildman–Crippen MR) is 122 cm³/mol. The molecule has 0 fully saturated rings. The van der Waals surface area contributed by atoms with Gasteiger partial charge in [-0.1, -0.05) is 58.7 Å². The van der Waals surface area contributed by atoms with Crippen molar-refractivity contribution in [3.63, 3.8) is 0 Å². The van der Waals surface area contributed by atoms with E-state index in [2.05, 4.69) is 42.4 Å². The number of thiophene rings is 1. The van der Waals surface area contributed by atoms with E-state index in [9.17, 15) is 8.42 Å². The second kappa shape index (κ2) is 8.58. The topological polar surface area (TPSA) is 55.7 Å². The second-order valence-electron chi connectivity index (χ2n) is 7.59. The first kappa shape index (κ1) is 20.6. The van der Waals surface area contributed by atoms with Crippen molar-refractivity contribution in [3.05, 3.63) is 93.7 Å². The molecule has 30 heavy (non-hydrogen) atoms. The van der Waals surface area contributed by atoms with E-state index in [1.165, 1.54) is 28.1 Å². The number of oxime groups is 1. The quantitative estimate of drug-likeness (QED) is 0.454. The predicted octanol–water partition coefficient (Wildman–Crippen LogP) is 6.09. The van der Waals surface area contributed by atoms with Gasteiger partial charge in [-0.25, -0.2) is 0 Å². The van der Waals surface area contributed by atoms with Gasteiger partial charge in [0.1, 0.15) is 4.90 Å². The summed E-state index contributed by atoms with van der Waals surface area (Å²) in [6.45, 7) is 3.97. The van der Waals surface area contributed by atoms with Crippen LogP contribution in [0, 0.1) is 13.8 Å². The molecule has 6 heteroatoms. The third-order valence-electron chi connectivity index (χ3n) is 5.21. The molecule has 0 spiro atoms. The fourth-order valence-corrected chi connectivity index (χ4v) is 5.03. The molecule has 0 aliphatic heterocycles. The fourth-order valence-electron chi connectivity index (χ4n) is 3.52. The first-order valence-electron chi connectivity index (χ1n) is 9.79. The highest BCUT2D eigenvalue weighted by Crippen LogP contribution is 2.38. The molecule has 1 atom stereocenters. The molecule has 3 aromatic rings. The Bertz CT molecular complexity index is 1170. The summed E-state index contributed by atoms with van der Waals surface area (Å²) in [5, 5.41) is 6.11. The smallest absolute Gasteiger partial charge is 0.265 e. The van der Waals surface area contributed by atoms with Gasteiger partial charge < -0.3 is 0 Å². The zero-order valence-electron chi connectivity index (χ0n) is 16.9. The van der Waals surface area contributed by atoms with Crippen molar-refractivity contribution in [1.29, 1.82) is 0 Å². The lowest BCUT2D eigenvalue weighted by Crippen LogP contribution is -2.14. The second-order valence-corrected chi connectivity index (χ2v) is 10.1. The van der Waals surface area contributed by atoms with Crippen molar-refractivity contribution in [2.24, 2.45) is 5.16 Å². The third-order valence-corrected chi connectivity index (χ3v) is 7.28. The normalized spacial score (nSPS) is 18.3. The molecule has 154 valence electrons. The Morgan fingerprint density at radius 3 is 2.23 bits per heavy atom. The maximum atomic E-state index is 12.5. The number of benzene rings is 2. The largest absolute Gasteiger partial charge is 0.358 e. The molecule has 1 unspecified atom stereocenters. The molecule has 4 rings (SSSR count). The standard InChI is InChI=1S/C24H23NO3S2/c1-17-5-9-19(10-6-17)20-14-21(24-4-3-13-29-24)16-22(15-20)25-28-30(26,27)23-11-7-18(2)8-12-23/h3-13,16,20H,14-15H2,1-2H3/b25-22-. The van der Waals surface area contributed by atoms with E-state index < -0.39 is 10.1 Å². The maximum absolute atomic E-state index is 12.5. The zero-order valence-corrected chi connectivity index (χ0v) is 18.5. The SMILES string of the molecule is Cc1ccc(C2CC(c3cccs3)=C/C(=N\OS(=O)(=O)c3ccc(C)cc3)C2)cc1. The van der Waals surface area contributed by atoms with Gasteiger partial charge >= 0.3 is 10.1 Å². The summed E-state index contributed by atoms with van der Waals surface area (Å²) in [4.78, 5) is 1.27. The highest BCUT2D eigenvalue weighted by atomic mass is 32.2. The molecule has 1 aromatic heterocycles. The van der Waals surface area contributed by atoms with Crippen molar-refractivity contribution in [3.8, 4) is 0 Å². The fraction of sp³-hybridized carbons (Fsp3) is 0.208. The van der Waals surface area contributed by atoms with E-state index in [1.54, 1.807) is 23.5 Å². The van der Waals surface area contributed by atoms with Crippen LogP contribution in [-0.4, -0.2) is 14.1 Å². The van der Waals surface area contributed by atoms with Crippen LogP contribution < -0.4 is 0 Å². The summed E-state index contributed by atoms with van der Waals surface area (Å²) in [6, 6.07) is 19.1. The Balaban J connectivity index is 1.63. The van der Waals surface area contributed by atoms with Gasteiger partial charge in [0.15, 0.2) is 0 Å². The number of nitrogens with zero attached hydrogens (tertiary/aromatic N) is 1. The highest BCUT2D eigenvalue weighted by molar-refractivity contribution is 7.86. The average Bonchev–Trinajstić information content (AvgIpc) is 3.28. The van der Waals surface area contributed by atoms with Gasteiger partial charge in [0.2, 0.25) is 0 Å². The van der Waals surface area contributed by atoms with E-state index in [1.807, 2.05) is 24.4 Å². The molecule has 1 aliphatic rings. The Morgan fingerprint density at radius 2 is 1.60 bits per heavy atom. The van der Waals surface area contributed by atoms with Crippen LogP contribution in [-0.2, 0) is 14.4 Å². The summed E-state index contributed by atoms with van der Waals surface area (Å²) in [6.07, 6.45) is 3.47. The van der Waals surface area contributed by atoms with Crippen molar-refractivity contribution in [1.82, 2.24) is 0 Å². The van der Waals surface area contributed by atoms with Crippen LogP contribution in [0.4, 0.5) is 0 Å². The highest BCUT2D eigenvalue weighted by Gasteiger charge is 2.24. The molecule has 0 saturated carbocycles. The molecular formula is C24H23NO3S2. The van der Waals surface area contributed by atoms with Crippen LogP contribution in [0.1, 0.15) is 40.3 Å². The molecule has 0 radical (unpaired) electrons. The van der Waals surface area contributed by atoms with Crippen LogP contribution in [0.25, 0.3) is 5.57 Å². The molecule has 2 aromatic carbocycles. The summed E-state index contributed by atoms with van der Waals surface area (Å²) in [7, 11) is -3.95. The Labute approximate surface area is 181 Å². The minimum absolute atomic E-state index is 0.103. The summed E-state index contributed by atoms with van der Waals surface area (Å²) in [5.41, 5.74) is 5.20. The summed E-state index contributed by atoms with van der Waals surface area (Å²) >= 11 is 1.67. The Kier molecular flexibility index (Phi) is 5.88. The molecular weight excluding hydrogens is 414 g/mol. The number of hydrogen-bond donors (Lipinski definition) is 0. The van der Waals surface area contributed by atoms with Gasteiger partial charge in [-0.15, -0.1) is 11.3 Å². The molecule has 1 heterocycles. The molecule has 0 saturated heterocycles. The summed E-state index contributed by atoms with van der Waals surface area (Å²) in [5.74, 6) is 0.220. The molecule has 0 bridgehead atoms. The van der Waals surface area contributed by atoms with Crippen LogP contribution in [0.3, 0.4) is 0 Å². The first-order valence-corrected chi connectivity index (χ1v) is 12.1. The van der Waals surface area contributed by atoms with E-state index in [4.69, 9.17) is 4.28 Å². The van der Waals surface area contributed by atoms with Crippen LogP contribution in [0.5, 0.6) is 0 Å². The van der Waals surface area contributed by atoms with Gasteiger partial charge in [-0.05, 0) is 67.0 Å². The minimum Gasteiger partial charge on any atom is -0.265 e. The Morgan fingerprint density at radius 1 is 0.933 bits per heavy atom. The van der Waals surface area contributed by atoms with Crippen LogP contribution in [0.15, 0.2) is 82.2 Å². The first-order chi connectivity index (χ1) is 14.4. The molecule has 0 N–H and O–H groups in total. The zero-order chi connectivity index (χ0) is 21.1. The van der Waals surface area contributed by atoms with Crippen molar-refractivity contribution >= 4 is 32.7 Å². The van der Waals surface area contributed by atoms with Crippen molar-refractivity contribution in [2.75, 3.05) is 0 Å². The summed E-state index contributed by atoms with van der Waals surface area (Å²) < 4.78 is 30.2. The lowest BCUT2D eigenvalue weighted by Gasteiger charge is -2.23. The maximum Gasteiger partial charge on any atom is 0.358 e. The number of rotatable bonds is 5. The van der Waals surface area contributed by atoms with Gasteiger partial charge in [-0.2, -0.15) is 8.42 Å². The number of hydrogen-bond acceptors (Lipinski definition) is 5. The molecule has 4 nitrogen and oxygen atoms in total. The van der Waals surface area contributed by atoms with E-state index in [0.29, 0.717) is 12.1 Å². The van der Waals surface area contributed by atoms with E-state index >= 15 is 0 Å². The Hall–Kier alpha value is -2.70. The monoisotopic (exact) mass is 437 g/mol. The van der Waals surface area contributed by atoms with Crippen LogP contribution >= 0.6 is 11.3 Å². The third kappa shape index (κ3) is 4.71.